The van der Waals surface area contributed by atoms with Crippen LogP contribution >= 0.6 is 23.5 Å². The summed E-state index contributed by atoms with van der Waals surface area (Å²) in [6.07, 6.45) is 3.90. The first kappa shape index (κ1) is 14.9. The number of methoxy groups -OCH3 is 1. The van der Waals surface area contributed by atoms with Crippen LogP contribution in [0.4, 0.5) is 0 Å². The van der Waals surface area contributed by atoms with Gasteiger partial charge in [-0.1, -0.05) is 0 Å². The molecular formula is C15H15NO2S2. The minimum atomic E-state index is 0.000605. The quantitative estimate of drug-likeness (QED) is 0.621. The number of nitrogens with zero attached hydrogens (tertiary/aromatic N) is 1. The fraction of sp³-hybridized carbons (Fsp3) is 0.200. The van der Waals surface area contributed by atoms with Gasteiger partial charge in [0.25, 0.3) is 0 Å². The highest BCUT2D eigenvalue weighted by Gasteiger charge is 2.12. The zero-order valence-electron chi connectivity index (χ0n) is 11.5. The minimum absolute atomic E-state index is 0.000605. The van der Waals surface area contributed by atoms with Crippen LogP contribution in [-0.4, -0.2) is 30.4 Å². The maximum atomic E-state index is 12.5. The van der Waals surface area contributed by atoms with Crippen molar-refractivity contribution in [2.75, 3.05) is 19.6 Å². The lowest BCUT2D eigenvalue weighted by Gasteiger charge is -2.06. The number of carbonyl (C=O) groups is 1. The zero-order chi connectivity index (χ0) is 14.5. The number of hydrogen-bond acceptors (Lipinski definition) is 5. The van der Waals surface area contributed by atoms with E-state index in [0.29, 0.717) is 11.1 Å². The molecular weight excluding hydrogens is 290 g/mol. The van der Waals surface area contributed by atoms with Crippen LogP contribution in [0.5, 0.6) is 5.75 Å². The molecule has 2 rings (SSSR count). The van der Waals surface area contributed by atoms with Gasteiger partial charge < -0.3 is 4.74 Å². The van der Waals surface area contributed by atoms with Crippen LogP contribution in [0, 0.1) is 0 Å². The van der Waals surface area contributed by atoms with Crippen LogP contribution in [-0.2, 0) is 0 Å². The smallest absolute Gasteiger partial charge is 0.193 e. The van der Waals surface area contributed by atoms with Gasteiger partial charge in [-0.25, -0.2) is 4.98 Å². The van der Waals surface area contributed by atoms with Crippen molar-refractivity contribution in [3.63, 3.8) is 0 Å². The van der Waals surface area contributed by atoms with Gasteiger partial charge in [-0.2, -0.15) is 0 Å². The lowest BCUT2D eigenvalue weighted by Crippen LogP contribution is -2.03. The fourth-order valence-corrected chi connectivity index (χ4v) is 2.66. The molecule has 1 aromatic carbocycles. The highest BCUT2D eigenvalue weighted by Crippen LogP contribution is 2.23. The average Bonchev–Trinajstić information content (AvgIpc) is 2.53. The van der Waals surface area contributed by atoms with E-state index >= 15 is 0 Å². The first-order chi connectivity index (χ1) is 9.67. The first-order valence-electron chi connectivity index (χ1n) is 5.96. The van der Waals surface area contributed by atoms with Gasteiger partial charge >= 0.3 is 0 Å². The number of thioether (sulfide) groups is 2. The van der Waals surface area contributed by atoms with Gasteiger partial charge in [-0.3, -0.25) is 4.79 Å². The molecule has 0 aliphatic carbocycles. The minimum Gasteiger partial charge on any atom is -0.497 e. The normalized spacial score (nSPS) is 10.3. The monoisotopic (exact) mass is 305 g/mol. The molecule has 1 aromatic heterocycles. The lowest BCUT2D eigenvalue weighted by atomic mass is 10.0. The van der Waals surface area contributed by atoms with E-state index in [2.05, 4.69) is 4.98 Å². The third-order valence-electron chi connectivity index (χ3n) is 2.81. The molecule has 0 spiro atoms. The Morgan fingerprint density at radius 3 is 2.00 bits per heavy atom. The molecule has 0 amide bonds. The van der Waals surface area contributed by atoms with Crippen molar-refractivity contribution in [2.24, 2.45) is 0 Å². The van der Waals surface area contributed by atoms with Crippen molar-refractivity contribution in [1.29, 1.82) is 0 Å². The number of aromatic nitrogens is 1. The third kappa shape index (κ3) is 3.35. The highest BCUT2D eigenvalue weighted by atomic mass is 32.2. The number of ketones is 1. The van der Waals surface area contributed by atoms with Gasteiger partial charge in [0.15, 0.2) is 5.78 Å². The maximum absolute atomic E-state index is 12.5. The molecule has 0 unspecified atom stereocenters. The fourth-order valence-electron chi connectivity index (χ4n) is 1.73. The van der Waals surface area contributed by atoms with Crippen LogP contribution in [0.2, 0.25) is 0 Å². The average molecular weight is 305 g/mol. The SMILES string of the molecule is COc1ccc(C(=O)c2cc(SC)nc(SC)c2)cc1. The van der Waals surface area contributed by atoms with E-state index < -0.39 is 0 Å². The Bertz CT molecular complexity index is 590. The second kappa shape index (κ2) is 6.81. The molecule has 0 N–H and O–H groups in total. The van der Waals surface area contributed by atoms with Crippen molar-refractivity contribution in [3.8, 4) is 5.75 Å². The zero-order valence-corrected chi connectivity index (χ0v) is 13.2. The largest absolute Gasteiger partial charge is 0.497 e. The molecule has 0 radical (unpaired) electrons. The molecule has 20 heavy (non-hydrogen) atoms. The molecule has 0 fully saturated rings. The van der Waals surface area contributed by atoms with Gasteiger partial charge in [0.2, 0.25) is 0 Å². The Kier molecular flexibility index (Phi) is 5.09. The molecule has 0 saturated heterocycles. The van der Waals surface area contributed by atoms with Crippen LogP contribution in [0.1, 0.15) is 15.9 Å². The van der Waals surface area contributed by atoms with Gasteiger partial charge in [0, 0.05) is 11.1 Å². The number of pyridine rings is 1. The van der Waals surface area contributed by atoms with E-state index in [1.807, 2.05) is 24.6 Å². The molecule has 1 heterocycles. The van der Waals surface area contributed by atoms with Gasteiger partial charge in [0.1, 0.15) is 5.75 Å². The number of benzene rings is 1. The summed E-state index contributed by atoms with van der Waals surface area (Å²) in [6, 6.07) is 10.8. The standard InChI is InChI=1S/C15H15NO2S2/c1-18-12-6-4-10(5-7-12)15(17)11-8-13(19-2)16-14(9-11)20-3/h4-9H,1-3H3. The van der Waals surface area contributed by atoms with Gasteiger partial charge in [-0.15, -0.1) is 23.5 Å². The van der Waals surface area contributed by atoms with Crippen molar-refractivity contribution < 1.29 is 9.53 Å². The molecule has 2 aromatic rings. The van der Waals surface area contributed by atoms with E-state index in [0.717, 1.165) is 15.8 Å². The lowest BCUT2D eigenvalue weighted by molar-refractivity contribution is 0.103. The molecule has 5 heteroatoms. The number of carbonyl (C=O) groups excluding carboxylic acids is 1. The molecule has 0 aliphatic heterocycles. The van der Waals surface area contributed by atoms with E-state index in [1.54, 1.807) is 31.4 Å². The second-order valence-corrected chi connectivity index (χ2v) is 5.65. The van der Waals surface area contributed by atoms with E-state index in [-0.39, 0.29) is 5.78 Å². The first-order valence-corrected chi connectivity index (χ1v) is 8.41. The predicted molar refractivity (Wildman–Crippen MR) is 84.2 cm³/mol. The van der Waals surface area contributed by atoms with Crippen LogP contribution in [0.3, 0.4) is 0 Å². The summed E-state index contributed by atoms with van der Waals surface area (Å²) < 4.78 is 5.10. The number of rotatable bonds is 5. The van der Waals surface area contributed by atoms with Crippen molar-refractivity contribution in [2.45, 2.75) is 10.1 Å². The Balaban J connectivity index is 2.36. The Hall–Kier alpha value is -1.46. The summed E-state index contributed by atoms with van der Waals surface area (Å²) in [7, 11) is 1.61. The molecule has 0 bridgehead atoms. The Labute approximate surface area is 127 Å². The highest BCUT2D eigenvalue weighted by molar-refractivity contribution is 7.99. The molecule has 3 nitrogen and oxygen atoms in total. The van der Waals surface area contributed by atoms with Crippen molar-refractivity contribution in [1.82, 2.24) is 4.98 Å². The van der Waals surface area contributed by atoms with Crippen molar-refractivity contribution in [3.05, 3.63) is 47.5 Å². The summed E-state index contributed by atoms with van der Waals surface area (Å²) in [5.74, 6) is 0.742. The summed E-state index contributed by atoms with van der Waals surface area (Å²) in [5, 5.41) is 1.71. The topological polar surface area (TPSA) is 39.2 Å². The Morgan fingerprint density at radius 2 is 1.55 bits per heavy atom. The van der Waals surface area contributed by atoms with Crippen LogP contribution in [0.15, 0.2) is 46.5 Å². The van der Waals surface area contributed by atoms with Gasteiger partial charge in [0.05, 0.1) is 17.2 Å². The third-order valence-corrected chi connectivity index (χ3v) is 4.07. The number of hydrogen-bond donors (Lipinski definition) is 0. The maximum Gasteiger partial charge on any atom is 0.193 e. The van der Waals surface area contributed by atoms with E-state index in [1.165, 1.54) is 23.5 Å². The summed E-state index contributed by atoms with van der Waals surface area (Å²) in [4.78, 5) is 16.9. The Morgan fingerprint density at radius 1 is 1.00 bits per heavy atom. The molecule has 0 saturated carbocycles. The van der Waals surface area contributed by atoms with Crippen LogP contribution < -0.4 is 4.74 Å². The molecule has 0 aliphatic rings. The van der Waals surface area contributed by atoms with Crippen LogP contribution in [0.25, 0.3) is 0 Å². The number of ether oxygens (including phenoxy) is 1. The molecule has 0 atom stereocenters. The summed E-state index contributed by atoms with van der Waals surface area (Å²) >= 11 is 3.07. The van der Waals surface area contributed by atoms with E-state index in [4.69, 9.17) is 4.74 Å². The predicted octanol–water partition coefficient (Wildman–Crippen LogP) is 3.77. The summed E-state index contributed by atoms with van der Waals surface area (Å²) in [6.45, 7) is 0. The second-order valence-electron chi connectivity index (χ2n) is 4.00. The van der Waals surface area contributed by atoms with E-state index in [9.17, 15) is 4.79 Å². The summed E-state index contributed by atoms with van der Waals surface area (Å²) in [5.41, 5.74) is 1.31. The molecule has 104 valence electrons. The van der Waals surface area contributed by atoms with Gasteiger partial charge in [-0.05, 0) is 48.9 Å². The van der Waals surface area contributed by atoms with Crippen molar-refractivity contribution >= 4 is 29.3 Å².